The van der Waals surface area contributed by atoms with Crippen LogP contribution in [0.1, 0.15) is 56.6 Å². The maximum absolute atomic E-state index is 12.2. The Balaban J connectivity index is 1.67. The summed E-state index contributed by atoms with van der Waals surface area (Å²) in [5.41, 5.74) is 1.98. The molecule has 7 heteroatoms. The van der Waals surface area contributed by atoms with Gasteiger partial charge in [-0.3, -0.25) is 4.79 Å². The van der Waals surface area contributed by atoms with Crippen LogP contribution in [0.4, 0.5) is 0 Å². The van der Waals surface area contributed by atoms with E-state index in [4.69, 9.17) is 0 Å². The molecule has 0 unspecified atom stereocenters. The summed E-state index contributed by atoms with van der Waals surface area (Å²) >= 11 is 2.96. The van der Waals surface area contributed by atoms with Crippen LogP contribution >= 0.6 is 22.9 Å². The van der Waals surface area contributed by atoms with E-state index >= 15 is 0 Å². The largest absolute Gasteiger partial charge is 0.351 e. The summed E-state index contributed by atoms with van der Waals surface area (Å²) in [6.07, 6.45) is 4.14. The third-order valence-electron chi connectivity index (χ3n) is 3.78. The number of hydrogen-bond donors (Lipinski definition) is 1. The van der Waals surface area contributed by atoms with Crippen LogP contribution in [0.5, 0.6) is 0 Å². The zero-order valence-electron chi connectivity index (χ0n) is 12.2. The Hall–Kier alpha value is -1.34. The molecule has 1 aliphatic rings. The molecule has 0 radical (unpaired) electrons. The molecule has 0 aliphatic heterocycles. The monoisotopic (exact) mass is 322 g/mol. The summed E-state index contributed by atoms with van der Waals surface area (Å²) in [5, 5.41) is 8.15. The number of nitrogens with zero attached hydrogens (tertiary/aromatic N) is 3. The Labute approximate surface area is 132 Å². The third-order valence-corrected chi connectivity index (χ3v) is 5.60. The molecule has 1 amide bonds. The fourth-order valence-electron chi connectivity index (χ4n) is 2.74. The summed E-state index contributed by atoms with van der Waals surface area (Å²) in [6.45, 7) is 4.68. The number of aromatic nitrogens is 3. The molecule has 0 saturated heterocycles. The molecular formula is C14H18N4OS2. The van der Waals surface area contributed by atoms with Gasteiger partial charge in [0.05, 0.1) is 16.4 Å². The summed E-state index contributed by atoms with van der Waals surface area (Å²) in [4.78, 5) is 18.9. The molecule has 3 rings (SSSR count). The minimum Gasteiger partial charge on any atom is -0.351 e. The lowest BCUT2D eigenvalue weighted by atomic mass is 9.91. The van der Waals surface area contributed by atoms with Crippen molar-refractivity contribution >= 4 is 28.8 Å². The molecule has 21 heavy (non-hydrogen) atoms. The zero-order valence-corrected chi connectivity index (χ0v) is 13.8. The van der Waals surface area contributed by atoms with Gasteiger partial charge in [0.2, 0.25) is 0 Å². The van der Waals surface area contributed by atoms with Crippen LogP contribution in [-0.4, -0.2) is 27.0 Å². The molecule has 0 bridgehead atoms. The smallest absolute Gasteiger partial charge is 0.264 e. The van der Waals surface area contributed by atoms with Crippen molar-refractivity contribution in [2.75, 3.05) is 6.54 Å². The molecule has 1 N–H and O–H groups in total. The zero-order chi connectivity index (χ0) is 14.8. The lowest BCUT2D eigenvalue weighted by molar-refractivity contribution is 0.0953. The molecular weight excluding hydrogens is 304 g/mol. The SMILES string of the molecule is CCc1nnsc1C(=O)NC[C@@H]1CCCc2sc(C)nc21. The fraction of sp³-hybridized carbons (Fsp3) is 0.571. The predicted octanol–water partition coefficient (Wildman–Crippen LogP) is 2.72. The number of rotatable bonds is 4. The molecule has 0 spiro atoms. The van der Waals surface area contributed by atoms with Gasteiger partial charge < -0.3 is 5.32 Å². The van der Waals surface area contributed by atoms with Gasteiger partial charge in [-0.2, -0.15) is 0 Å². The number of aryl methyl sites for hydroxylation is 3. The number of hydrogen-bond acceptors (Lipinski definition) is 6. The van der Waals surface area contributed by atoms with Crippen LogP contribution in [0.15, 0.2) is 0 Å². The average molecular weight is 322 g/mol. The van der Waals surface area contributed by atoms with E-state index in [9.17, 15) is 4.79 Å². The number of carbonyl (C=O) groups excluding carboxylic acids is 1. The molecule has 0 fully saturated rings. The summed E-state index contributed by atoms with van der Waals surface area (Å²) in [5.74, 6) is 0.287. The topological polar surface area (TPSA) is 67.8 Å². The van der Waals surface area contributed by atoms with Gasteiger partial charge in [-0.25, -0.2) is 4.98 Å². The van der Waals surface area contributed by atoms with E-state index < -0.39 is 0 Å². The van der Waals surface area contributed by atoms with Crippen LogP contribution in [0.25, 0.3) is 0 Å². The quantitative estimate of drug-likeness (QED) is 0.940. The van der Waals surface area contributed by atoms with E-state index in [1.807, 2.05) is 6.92 Å². The Kier molecular flexibility index (Phi) is 4.30. The van der Waals surface area contributed by atoms with Crippen molar-refractivity contribution in [1.29, 1.82) is 0 Å². The number of thiazole rings is 1. The Morgan fingerprint density at radius 2 is 2.33 bits per heavy atom. The first-order valence-electron chi connectivity index (χ1n) is 7.24. The second-order valence-corrected chi connectivity index (χ2v) is 7.28. The molecule has 2 aromatic rings. The lowest BCUT2D eigenvalue weighted by Gasteiger charge is -2.21. The number of amides is 1. The van der Waals surface area contributed by atoms with Crippen molar-refractivity contribution < 1.29 is 4.79 Å². The molecule has 1 aliphatic carbocycles. The van der Waals surface area contributed by atoms with Crippen LogP contribution in [-0.2, 0) is 12.8 Å². The highest BCUT2D eigenvalue weighted by Crippen LogP contribution is 2.34. The molecule has 5 nitrogen and oxygen atoms in total. The third kappa shape index (κ3) is 2.98. The van der Waals surface area contributed by atoms with E-state index in [0.717, 1.165) is 30.0 Å². The minimum absolute atomic E-state index is 0.0547. The molecule has 1 atom stereocenters. The van der Waals surface area contributed by atoms with Gasteiger partial charge in [0.25, 0.3) is 5.91 Å². The number of fused-ring (bicyclic) bond motifs is 1. The Bertz CT molecular complexity index is 649. The van der Waals surface area contributed by atoms with Crippen molar-refractivity contribution in [3.63, 3.8) is 0 Å². The van der Waals surface area contributed by atoms with Crippen molar-refractivity contribution in [3.05, 3.63) is 26.1 Å². The van der Waals surface area contributed by atoms with Crippen molar-refractivity contribution in [2.45, 2.75) is 45.4 Å². The normalized spacial score (nSPS) is 17.5. The highest BCUT2D eigenvalue weighted by atomic mass is 32.1. The van der Waals surface area contributed by atoms with Crippen LogP contribution < -0.4 is 5.32 Å². The van der Waals surface area contributed by atoms with Gasteiger partial charge in [0.15, 0.2) is 0 Å². The van der Waals surface area contributed by atoms with Gasteiger partial charge >= 0.3 is 0 Å². The first kappa shape index (κ1) is 14.6. The average Bonchev–Trinajstić information content (AvgIpc) is 3.09. The standard InChI is InChI=1S/C14H18N4OS2/c1-3-10-13(21-18-17-10)14(19)15-7-9-5-4-6-11-12(9)16-8(2)20-11/h9H,3-7H2,1-2H3,(H,15,19)/t9-/m0/s1. The van der Waals surface area contributed by atoms with Crippen molar-refractivity contribution in [3.8, 4) is 0 Å². The Morgan fingerprint density at radius 1 is 1.48 bits per heavy atom. The Morgan fingerprint density at radius 3 is 3.14 bits per heavy atom. The van der Waals surface area contributed by atoms with Crippen molar-refractivity contribution in [2.24, 2.45) is 0 Å². The second-order valence-electron chi connectivity index (χ2n) is 5.24. The number of nitrogens with one attached hydrogen (secondary N) is 1. The first-order chi connectivity index (χ1) is 10.2. The summed E-state index contributed by atoms with van der Waals surface area (Å²) in [6, 6.07) is 0. The molecule has 0 saturated carbocycles. The highest BCUT2D eigenvalue weighted by molar-refractivity contribution is 7.11. The van der Waals surface area contributed by atoms with E-state index in [-0.39, 0.29) is 5.91 Å². The minimum atomic E-state index is -0.0547. The number of carbonyl (C=O) groups is 1. The summed E-state index contributed by atoms with van der Waals surface area (Å²) in [7, 11) is 0. The van der Waals surface area contributed by atoms with Gasteiger partial charge in [0.1, 0.15) is 4.88 Å². The van der Waals surface area contributed by atoms with E-state index in [1.165, 1.54) is 28.5 Å². The first-order valence-corrected chi connectivity index (χ1v) is 8.83. The van der Waals surface area contributed by atoms with Crippen molar-refractivity contribution in [1.82, 2.24) is 19.9 Å². The highest BCUT2D eigenvalue weighted by Gasteiger charge is 2.25. The molecule has 2 heterocycles. The molecule has 2 aromatic heterocycles. The molecule has 112 valence electrons. The van der Waals surface area contributed by atoms with Crippen LogP contribution in [0, 0.1) is 6.92 Å². The van der Waals surface area contributed by atoms with Gasteiger partial charge in [-0.1, -0.05) is 11.4 Å². The van der Waals surface area contributed by atoms with Crippen LogP contribution in [0.2, 0.25) is 0 Å². The predicted molar refractivity (Wildman–Crippen MR) is 84.2 cm³/mol. The fourth-order valence-corrected chi connectivity index (χ4v) is 4.47. The maximum atomic E-state index is 12.2. The lowest BCUT2D eigenvalue weighted by Crippen LogP contribution is -2.30. The van der Waals surface area contributed by atoms with Gasteiger partial charge in [-0.05, 0) is 44.1 Å². The summed E-state index contributed by atoms with van der Waals surface area (Å²) < 4.78 is 3.87. The van der Waals surface area contributed by atoms with Gasteiger partial charge in [-0.15, -0.1) is 16.4 Å². The van der Waals surface area contributed by atoms with E-state index in [0.29, 0.717) is 17.3 Å². The molecule has 0 aromatic carbocycles. The van der Waals surface area contributed by atoms with Gasteiger partial charge in [0, 0.05) is 17.3 Å². The van der Waals surface area contributed by atoms with E-state index in [2.05, 4.69) is 26.8 Å². The van der Waals surface area contributed by atoms with E-state index in [1.54, 1.807) is 11.3 Å². The second kappa shape index (κ2) is 6.19. The van der Waals surface area contributed by atoms with Crippen LogP contribution in [0.3, 0.4) is 0 Å². The maximum Gasteiger partial charge on any atom is 0.264 e.